The van der Waals surface area contributed by atoms with E-state index in [9.17, 15) is 4.79 Å². The van der Waals surface area contributed by atoms with E-state index >= 15 is 0 Å². The fourth-order valence-electron chi connectivity index (χ4n) is 0.522. The van der Waals surface area contributed by atoms with Crippen LogP contribution in [0, 0.1) is 0 Å². The Morgan fingerprint density at radius 3 is 2.58 bits per heavy atom. The molecule has 0 aliphatic carbocycles. The third-order valence-electron chi connectivity index (χ3n) is 1.18. The third kappa shape index (κ3) is 6.09. The Balaban J connectivity index is 3.14. The number of aliphatic carboxylic acids is 1. The lowest BCUT2D eigenvalue weighted by molar-refractivity contribution is -0.150. The van der Waals surface area contributed by atoms with Gasteiger partial charge in [-0.3, -0.25) is 0 Å². The van der Waals surface area contributed by atoms with E-state index in [0.717, 1.165) is 0 Å². The second kappa shape index (κ2) is 7.02. The molecule has 0 heterocycles. The summed E-state index contributed by atoms with van der Waals surface area (Å²) in [5, 5.41) is 16.7. The quantitative estimate of drug-likeness (QED) is 0.513. The maximum Gasteiger partial charge on any atom is 0.332 e. The number of aliphatic hydroxyl groups is 1. The van der Waals surface area contributed by atoms with Crippen LogP contribution in [-0.4, -0.2) is 48.7 Å². The molecule has 0 saturated heterocycles. The molecule has 0 bridgehead atoms. The largest absolute Gasteiger partial charge is 0.479 e. The smallest absolute Gasteiger partial charge is 0.332 e. The number of carbonyl (C=O) groups is 1. The van der Waals surface area contributed by atoms with Crippen molar-refractivity contribution in [3.05, 3.63) is 0 Å². The van der Waals surface area contributed by atoms with Gasteiger partial charge in [-0.15, -0.1) is 0 Å². The summed E-state index contributed by atoms with van der Waals surface area (Å²) in [6.45, 7) is 2.21. The molecule has 0 aliphatic rings. The second-order valence-corrected chi connectivity index (χ2v) is 2.19. The summed E-state index contributed by atoms with van der Waals surface area (Å²) < 4.78 is 9.69. The molecule has 12 heavy (non-hydrogen) atoms. The van der Waals surface area contributed by atoms with E-state index in [1.807, 2.05) is 0 Å². The Kier molecular flexibility index (Phi) is 6.64. The van der Waals surface area contributed by atoms with Gasteiger partial charge in [-0.05, 0) is 6.92 Å². The van der Waals surface area contributed by atoms with Crippen LogP contribution in [0.1, 0.15) is 6.92 Å². The minimum atomic E-state index is -0.989. The Bertz CT molecular complexity index is 125. The molecule has 0 fully saturated rings. The van der Waals surface area contributed by atoms with Gasteiger partial charge in [0.1, 0.15) is 0 Å². The molecule has 0 rings (SSSR count). The summed E-state index contributed by atoms with van der Waals surface area (Å²) in [5.74, 6) is -0.989. The molecular weight excluding hydrogens is 164 g/mol. The van der Waals surface area contributed by atoms with E-state index in [-0.39, 0.29) is 19.8 Å². The lowest BCUT2D eigenvalue weighted by atomic mass is 10.4. The molecule has 0 aromatic heterocycles. The third-order valence-corrected chi connectivity index (χ3v) is 1.18. The first-order chi connectivity index (χ1) is 5.68. The monoisotopic (exact) mass is 178 g/mol. The highest BCUT2D eigenvalue weighted by Crippen LogP contribution is 1.89. The number of carboxylic acids is 1. The highest BCUT2D eigenvalue weighted by atomic mass is 16.5. The lowest BCUT2D eigenvalue weighted by Crippen LogP contribution is -2.22. The van der Waals surface area contributed by atoms with E-state index in [0.29, 0.717) is 6.61 Å². The average Bonchev–Trinajstić information content (AvgIpc) is 2.03. The van der Waals surface area contributed by atoms with Gasteiger partial charge in [0, 0.05) is 0 Å². The minimum Gasteiger partial charge on any atom is -0.479 e. The van der Waals surface area contributed by atoms with Gasteiger partial charge in [-0.25, -0.2) is 4.79 Å². The van der Waals surface area contributed by atoms with Crippen molar-refractivity contribution >= 4 is 5.97 Å². The first kappa shape index (κ1) is 11.4. The molecule has 1 atom stereocenters. The van der Waals surface area contributed by atoms with Gasteiger partial charge in [-0.2, -0.15) is 0 Å². The van der Waals surface area contributed by atoms with Gasteiger partial charge in [-0.1, -0.05) is 0 Å². The zero-order valence-corrected chi connectivity index (χ0v) is 7.02. The van der Waals surface area contributed by atoms with Crippen LogP contribution in [0.5, 0.6) is 0 Å². The van der Waals surface area contributed by atoms with Gasteiger partial charge in [0.05, 0.1) is 26.4 Å². The van der Waals surface area contributed by atoms with Crippen molar-refractivity contribution in [2.75, 3.05) is 26.4 Å². The Morgan fingerprint density at radius 2 is 2.08 bits per heavy atom. The van der Waals surface area contributed by atoms with Gasteiger partial charge in [0.25, 0.3) is 0 Å². The van der Waals surface area contributed by atoms with Crippen LogP contribution >= 0.6 is 0 Å². The Hall–Kier alpha value is -0.650. The molecule has 0 aliphatic heterocycles. The molecule has 5 nitrogen and oxygen atoms in total. The molecule has 1 unspecified atom stereocenters. The van der Waals surface area contributed by atoms with Crippen LogP contribution in [0.15, 0.2) is 0 Å². The first-order valence-corrected chi connectivity index (χ1v) is 3.71. The van der Waals surface area contributed by atoms with E-state index in [1.54, 1.807) is 0 Å². The van der Waals surface area contributed by atoms with Crippen LogP contribution in [0.25, 0.3) is 0 Å². The number of aliphatic hydroxyl groups excluding tert-OH is 1. The van der Waals surface area contributed by atoms with Crippen molar-refractivity contribution in [2.45, 2.75) is 13.0 Å². The molecule has 5 heteroatoms. The van der Waals surface area contributed by atoms with Crippen LogP contribution in [0.2, 0.25) is 0 Å². The molecule has 0 radical (unpaired) electrons. The summed E-state index contributed by atoms with van der Waals surface area (Å²) >= 11 is 0. The molecule has 0 spiro atoms. The molecular formula is C7H14O5. The summed E-state index contributed by atoms with van der Waals surface area (Å²) in [6, 6.07) is 0. The fourth-order valence-corrected chi connectivity index (χ4v) is 0.522. The predicted molar refractivity (Wildman–Crippen MR) is 41.0 cm³/mol. The molecule has 0 amide bonds. The van der Waals surface area contributed by atoms with Crippen molar-refractivity contribution < 1.29 is 24.5 Å². The van der Waals surface area contributed by atoms with Gasteiger partial charge >= 0.3 is 5.97 Å². The standard InChI is InChI=1S/C7H14O5/c1-6(7(9)10)12-5-4-11-3-2-8/h6,8H,2-5H2,1H3,(H,9,10). The molecule has 2 N–H and O–H groups in total. The van der Waals surface area contributed by atoms with Crippen molar-refractivity contribution in [2.24, 2.45) is 0 Å². The predicted octanol–water partition coefficient (Wildman–Crippen LogP) is -0.515. The zero-order chi connectivity index (χ0) is 9.40. The fraction of sp³-hybridized carbons (Fsp3) is 0.857. The first-order valence-electron chi connectivity index (χ1n) is 3.71. The summed E-state index contributed by atoms with van der Waals surface area (Å²) in [6.07, 6.45) is -0.803. The number of carboxylic acid groups (broad SMARTS) is 1. The molecule has 0 aromatic rings. The highest BCUT2D eigenvalue weighted by molar-refractivity contribution is 5.71. The van der Waals surface area contributed by atoms with Crippen LogP contribution < -0.4 is 0 Å². The summed E-state index contributed by atoms with van der Waals surface area (Å²) in [5.41, 5.74) is 0. The number of ether oxygens (including phenoxy) is 2. The summed E-state index contributed by atoms with van der Waals surface area (Å²) in [4.78, 5) is 10.2. The molecule has 72 valence electrons. The SMILES string of the molecule is CC(OCCOCCO)C(=O)O. The van der Waals surface area contributed by atoms with Crippen molar-refractivity contribution in [1.82, 2.24) is 0 Å². The van der Waals surface area contributed by atoms with Crippen LogP contribution in [0.3, 0.4) is 0 Å². The highest BCUT2D eigenvalue weighted by Gasteiger charge is 2.09. The van der Waals surface area contributed by atoms with Crippen molar-refractivity contribution in [3.8, 4) is 0 Å². The zero-order valence-electron chi connectivity index (χ0n) is 7.02. The van der Waals surface area contributed by atoms with E-state index in [4.69, 9.17) is 19.7 Å². The number of hydrogen-bond acceptors (Lipinski definition) is 4. The summed E-state index contributed by atoms with van der Waals surface area (Å²) in [7, 11) is 0. The second-order valence-electron chi connectivity index (χ2n) is 2.19. The normalized spacial score (nSPS) is 12.8. The van der Waals surface area contributed by atoms with Gasteiger partial charge < -0.3 is 19.7 Å². The molecule has 0 saturated carbocycles. The average molecular weight is 178 g/mol. The topological polar surface area (TPSA) is 76.0 Å². The van der Waals surface area contributed by atoms with Crippen LogP contribution in [-0.2, 0) is 14.3 Å². The lowest BCUT2D eigenvalue weighted by Gasteiger charge is -2.07. The number of hydrogen-bond donors (Lipinski definition) is 2. The van der Waals surface area contributed by atoms with E-state index in [1.165, 1.54) is 6.92 Å². The number of rotatable bonds is 7. The minimum absolute atomic E-state index is 0.0332. The Morgan fingerprint density at radius 1 is 1.42 bits per heavy atom. The van der Waals surface area contributed by atoms with Gasteiger partial charge in [0.2, 0.25) is 0 Å². The van der Waals surface area contributed by atoms with Crippen molar-refractivity contribution in [1.29, 1.82) is 0 Å². The van der Waals surface area contributed by atoms with Crippen LogP contribution in [0.4, 0.5) is 0 Å². The molecule has 0 aromatic carbocycles. The maximum absolute atomic E-state index is 10.2. The van der Waals surface area contributed by atoms with E-state index in [2.05, 4.69) is 0 Å². The van der Waals surface area contributed by atoms with Gasteiger partial charge in [0.15, 0.2) is 6.10 Å². The van der Waals surface area contributed by atoms with Crippen molar-refractivity contribution in [3.63, 3.8) is 0 Å². The van der Waals surface area contributed by atoms with E-state index < -0.39 is 12.1 Å². The Labute approximate surface area is 70.9 Å². The maximum atomic E-state index is 10.2.